The molecule has 0 atom stereocenters. The van der Waals surface area contributed by atoms with Gasteiger partial charge in [0, 0.05) is 6.04 Å². The van der Waals surface area contributed by atoms with E-state index in [1.54, 1.807) is 4.90 Å². The Balaban J connectivity index is 0.00000210. The van der Waals surface area contributed by atoms with E-state index in [0.717, 1.165) is 42.5 Å². The molecule has 3 amide bonds. The van der Waals surface area contributed by atoms with Crippen molar-refractivity contribution in [2.45, 2.75) is 49.9 Å². The molecule has 1 saturated carbocycles. The van der Waals surface area contributed by atoms with Crippen LogP contribution < -0.4 is 10.2 Å². The van der Waals surface area contributed by atoms with E-state index < -0.39 is 23.4 Å². The van der Waals surface area contributed by atoms with Crippen molar-refractivity contribution in [3.05, 3.63) is 24.0 Å². The molecule has 0 radical (unpaired) electrons. The molecule has 10 heteroatoms. The highest BCUT2D eigenvalue weighted by Gasteiger charge is 2.60. The second-order valence-corrected chi connectivity index (χ2v) is 7.06. The zero-order valence-electron chi connectivity index (χ0n) is 14.5. The molecular weight excluding hydrogens is 385 g/mol. The van der Waals surface area contributed by atoms with Crippen LogP contribution in [0.5, 0.6) is 0 Å². The van der Waals surface area contributed by atoms with E-state index in [-0.39, 0.29) is 30.0 Å². The molecule has 3 heterocycles. The summed E-state index contributed by atoms with van der Waals surface area (Å²) in [4.78, 5) is 32.4. The van der Waals surface area contributed by atoms with Crippen molar-refractivity contribution in [2.75, 3.05) is 18.0 Å². The molecule has 148 valence electrons. The van der Waals surface area contributed by atoms with Crippen molar-refractivity contribution < 1.29 is 22.8 Å². The smallest absolute Gasteiger partial charge is 0.317 e. The normalized spacial score (nSPS) is 22.8. The van der Waals surface area contributed by atoms with Crippen LogP contribution in [0.1, 0.15) is 37.8 Å². The molecule has 0 aromatic carbocycles. The van der Waals surface area contributed by atoms with Gasteiger partial charge in [-0.15, -0.1) is 12.4 Å². The van der Waals surface area contributed by atoms with Crippen LogP contribution in [-0.2, 0) is 11.0 Å². The molecule has 1 N–H and O–H groups in total. The van der Waals surface area contributed by atoms with Gasteiger partial charge in [0.15, 0.2) is 0 Å². The molecule has 1 spiro atoms. The highest BCUT2D eigenvalue weighted by Crippen LogP contribution is 2.43. The van der Waals surface area contributed by atoms with Gasteiger partial charge in [0.05, 0.1) is 11.9 Å². The maximum absolute atomic E-state index is 13.2. The lowest BCUT2D eigenvalue weighted by molar-refractivity contribution is -0.141. The summed E-state index contributed by atoms with van der Waals surface area (Å²) < 4.78 is 38.2. The molecule has 1 aliphatic carbocycles. The zero-order valence-corrected chi connectivity index (χ0v) is 15.3. The Morgan fingerprint density at radius 3 is 2.30 bits per heavy atom. The Bertz CT molecular complexity index is 731. The average Bonchev–Trinajstić information content (AvgIpc) is 2.76. The largest absolute Gasteiger partial charge is 0.433 e. The first kappa shape index (κ1) is 19.9. The van der Waals surface area contributed by atoms with Crippen molar-refractivity contribution in [3.63, 3.8) is 0 Å². The van der Waals surface area contributed by atoms with Gasteiger partial charge in [0.1, 0.15) is 11.2 Å². The van der Waals surface area contributed by atoms with Crippen LogP contribution in [0.3, 0.4) is 0 Å². The third kappa shape index (κ3) is 3.06. The summed E-state index contributed by atoms with van der Waals surface area (Å²) in [6.07, 6.45) is 0.139. The second-order valence-electron chi connectivity index (χ2n) is 7.06. The molecule has 2 aliphatic heterocycles. The van der Waals surface area contributed by atoms with Gasteiger partial charge in [-0.2, -0.15) is 13.2 Å². The standard InChI is InChI=1S/C17H19F3N4O2.ClH/c18-17(19,20)13-5-4-12(10-22-13)23-14(25)16(6-8-21-9-7-16)24(15(23)26)11-2-1-3-11;/h4-5,10-11,21H,1-3,6-9H2;1H. The summed E-state index contributed by atoms with van der Waals surface area (Å²) in [5.41, 5.74) is -1.85. The van der Waals surface area contributed by atoms with Crippen molar-refractivity contribution in [3.8, 4) is 0 Å². The molecule has 27 heavy (non-hydrogen) atoms. The third-order valence-electron chi connectivity index (χ3n) is 5.63. The molecule has 0 bridgehead atoms. The molecule has 6 nitrogen and oxygen atoms in total. The number of imide groups is 1. The number of pyridine rings is 1. The second kappa shape index (κ2) is 6.94. The predicted molar refractivity (Wildman–Crippen MR) is 93.7 cm³/mol. The Hall–Kier alpha value is -1.87. The first-order valence-corrected chi connectivity index (χ1v) is 8.76. The van der Waals surface area contributed by atoms with Crippen LogP contribution in [0, 0.1) is 0 Å². The van der Waals surface area contributed by atoms with Crippen LogP contribution in [0.15, 0.2) is 18.3 Å². The lowest BCUT2D eigenvalue weighted by Gasteiger charge is -2.45. The highest BCUT2D eigenvalue weighted by atomic mass is 35.5. The van der Waals surface area contributed by atoms with Crippen LogP contribution >= 0.6 is 12.4 Å². The summed E-state index contributed by atoms with van der Waals surface area (Å²) in [5.74, 6) is -0.350. The number of alkyl halides is 3. The first-order chi connectivity index (χ1) is 12.3. The number of nitrogens with zero attached hydrogens (tertiary/aromatic N) is 3. The number of carbonyl (C=O) groups is 2. The quantitative estimate of drug-likeness (QED) is 0.770. The van der Waals surface area contributed by atoms with Gasteiger partial charge >= 0.3 is 12.2 Å². The highest BCUT2D eigenvalue weighted by molar-refractivity contribution is 6.23. The number of rotatable bonds is 2. The number of carbonyl (C=O) groups excluding carboxylic acids is 2. The summed E-state index contributed by atoms with van der Waals surface area (Å²) in [6.45, 7) is 1.25. The molecule has 1 aromatic heterocycles. The summed E-state index contributed by atoms with van der Waals surface area (Å²) in [6, 6.07) is 1.53. The molecular formula is C17H20ClF3N4O2. The van der Waals surface area contributed by atoms with E-state index in [2.05, 4.69) is 10.3 Å². The number of amides is 3. The van der Waals surface area contributed by atoms with Crippen LogP contribution in [-0.4, -0.2) is 46.5 Å². The van der Waals surface area contributed by atoms with Gasteiger partial charge in [-0.05, 0) is 57.3 Å². The van der Waals surface area contributed by atoms with Crippen molar-refractivity contribution in [1.82, 2.24) is 15.2 Å². The van der Waals surface area contributed by atoms with Gasteiger partial charge in [-0.3, -0.25) is 4.79 Å². The van der Waals surface area contributed by atoms with E-state index >= 15 is 0 Å². The van der Waals surface area contributed by atoms with E-state index in [9.17, 15) is 22.8 Å². The summed E-state index contributed by atoms with van der Waals surface area (Å²) in [5, 5.41) is 3.20. The fourth-order valence-electron chi connectivity index (χ4n) is 4.05. The van der Waals surface area contributed by atoms with Crippen LogP contribution in [0.2, 0.25) is 0 Å². The van der Waals surface area contributed by atoms with Gasteiger partial charge in [0.25, 0.3) is 5.91 Å². The lowest BCUT2D eigenvalue weighted by Crippen LogP contribution is -2.60. The van der Waals surface area contributed by atoms with Gasteiger partial charge < -0.3 is 10.2 Å². The van der Waals surface area contributed by atoms with Gasteiger partial charge in [0.2, 0.25) is 0 Å². The zero-order chi connectivity index (χ0) is 18.5. The minimum Gasteiger partial charge on any atom is -0.317 e. The Morgan fingerprint density at radius 2 is 1.81 bits per heavy atom. The average molecular weight is 405 g/mol. The lowest BCUT2D eigenvalue weighted by atomic mass is 9.81. The van der Waals surface area contributed by atoms with Crippen molar-refractivity contribution in [2.24, 2.45) is 0 Å². The summed E-state index contributed by atoms with van der Waals surface area (Å²) in [7, 11) is 0. The number of hydrogen-bond acceptors (Lipinski definition) is 4. The minimum atomic E-state index is -4.56. The van der Waals surface area contributed by atoms with Crippen molar-refractivity contribution >= 4 is 30.0 Å². The maximum Gasteiger partial charge on any atom is 0.433 e. The van der Waals surface area contributed by atoms with Gasteiger partial charge in [-0.25, -0.2) is 14.7 Å². The molecule has 0 unspecified atom stereocenters. The maximum atomic E-state index is 13.2. The van der Waals surface area contributed by atoms with E-state index in [4.69, 9.17) is 0 Å². The Kier molecular flexibility index (Phi) is 5.11. The summed E-state index contributed by atoms with van der Waals surface area (Å²) >= 11 is 0. The van der Waals surface area contributed by atoms with E-state index in [0.29, 0.717) is 25.9 Å². The number of nitrogens with one attached hydrogen (secondary N) is 1. The number of piperidine rings is 1. The number of hydrogen-bond donors (Lipinski definition) is 1. The number of halogens is 4. The molecule has 3 fully saturated rings. The monoisotopic (exact) mass is 404 g/mol. The molecule has 1 aromatic rings. The fraction of sp³-hybridized carbons (Fsp3) is 0.588. The third-order valence-corrected chi connectivity index (χ3v) is 5.63. The topological polar surface area (TPSA) is 65.5 Å². The Morgan fingerprint density at radius 1 is 1.15 bits per heavy atom. The minimum absolute atomic E-state index is 0. The van der Waals surface area contributed by atoms with Crippen molar-refractivity contribution in [1.29, 1.82) is 0 Å². The fourth-order valence-corrected chi connectivity index (χ4v) is 4.05. The van der Waals surface area contributed by atoms with Crippen LogP contribution in [0.25, 0.3) is 0 Å². The predicted octanol–water partition coefficient (Wildman–Crippen LogP) is 2.97. The van der Waals surface area contributed by atoms with Crippen LogP contribution in [0.4, 0.5) is 23.7 Å². The number of aromatic nitrogens is 1. The van der Waals surface area contributed by atoms with E-state index in [1.807, 2.05) is 0 Å². The molecule has 3 aliphatic rings. The first-order valence-electron chi connectivity index (χ1n) is 8.76. The molecule has 4 rings (SSSR count). The SMILES string of the molecule is Cl.O=C1N(c2ccc(C(F)(F)F)nc2)C(=O)C2(CCNCC2)N1C1CCC1. The van der Waals surface area contributed by atoms with E-state index in [1.165, 1.54) is 0 Å². The van der Waals surface area contributed by atoms with Gasteiger partial charge in [-0.1, -0.05) is 0 Å². The number of anilines is 1. The number of urea groups is 1. The Labute approximate surface area is 160 Å². The molecule has 2 saturated heterocycles.